The van der Waals surface area contributed by atoms with Crippen LogP contribution in [0.3, 0.4) is 0 Å². The third-order valence-corrected chi connectivity index (χ3v) is 6.42. The minimum Gasteiger partial charge on any atom is -0.493 e. The minimum atomic E-state index is -0.951. The number of aromatic nitrogens is 8. The molecule has 0 spiro atoms. The van der Waals surface area contributed by atoms with Gasteiger partial charge in [-0.3, -0.25) is 13.6 Å². The molecular formula is C24H24F2N10O2S. The summed E-state index contributed by atoms with van der Waals surface area (Å²) < 4.78 is 47.1. The number of fused-ring (bicyclic) bond motifs is 1. The Morgan fingerprint density at radius 1 is 0.974 bits per heavy atom. The van der Waals surface area contributed by atoms with Crippen LogP contribution >= 0.6 is 12.1 Å². The largest absolute Gasteiger partial charge is 0.493 e. The van der Waals surface area contributed by atoms with Crippen LogP contribution in [0.2, 0.25) is 0 Å². The number of hydrogen-bond donors (Lipinski definition) is 0. The van der Waals surface area contributed by atoms with Gasteiger partial charge in [0.2, 0.25) is 5.95 Å². The predicted octanol–water partition coefficient (Wildman–Crippen LogP) is 3.62. The average molecular weight is 555 g/mol. The van der Waals surface area contributed by atoms with Crippen LogP contribution in [0.5, 0.6) is 11.5 Å². The summed E-state index contributed by atoms with van der Waals surface area (Å²) in [5.74, 6) is -1.87. The van der Waals surface area contributed by atoms with Gasteiger partial charge in [-0.05, 0) is 14.1 Å². The normalized spacial score (nSPS) is 11.4. The van der Waals surface area contributed by atoms with Gasteiger partial charge in [0.25, 0.3) is 0 Å². The molecule has 15 heteroatoms. The van der Waals surface area contributed by atoms with E-state index in [-0.39, 0.29) is 29.6 Å². The first kappa shape index (κ1) is 26.2. The van der Waals surface area contributed by atoms with E-state index in [1.807, 2.05) is 18.4 Å². The van der Waals surface area contributed by atoms with Crippen molar-refractivity contribution in [2.24, 2.45) is 7.05 Å². The molecule has 12 nitrogen and oxygen atoms in total. The predicted molar refractivity (Wildman–Crippen MR) is 142 cm³/mol. The van der Waals surface area contributed by atoms with Crippen LogP contribution in [0.25, 0.3) is 22.4 Å². The first-order chi connectivity index (χ1) is 18.8. The number of imidazole rings is 1. The molecule has 4 aromatic heterocycles. The van der Waals surface area contributed by atoms with Crippen molar-refractivity contribution in [3.63, 3.8) is 0 Å². The van der Waals surface area contributed by atoms with E-state index in [4.69, 9.17) is 9.47 Å². The standard InChI is InChI=1S/C24H24F2N10O2S/c1-33(2)39-36-7-6-27-19(36)13-35(22-20(25)17(37-4)8-18(38-5)21(22)26)24-29-11-16-23(32-24)31-15(10-28-16)14-9-30-34(3)12-14/h6-12H,13H2,1-5H3. The van der Waals surface area contributed by atoms with E-state index in [9.17, 15) is 0 Å². The van der Waals surface area contributed by atoms with Crippen molar-refractivity contribution in [3.8, 4) is 22.8 Å². The Kier molecular flexibility index (Phi) is 7.26. The zero-order chi connectivity index (χ0) is 27.7. The lowest BCUT2D eigenvalue weighted by atomic mass is 10.2. The molecule has 4 heterocycles. The third kappa shape index (κ3) is 5.18. The Morgan fingerprint density at radius 2 is 1.72 bits per heavy atom. The van der Waals surface area contributed by atoms with Gasteiger partial charge >= 0.3 is 0 Å². The maximum atomic E-state index is 15.7. The lowest BCUT2D eigenvalue weighted by Gasteiger charge is -2.25. The number of aryl methyl sites for hydroxylation is 1. The first-order valence-electron chi connectivity index (χ1n) is 11.5. The maximum absolute atomic E-state index is 15.7. The molecule has 0 aliphatic heterocycles. The molecule has 5 rings (SSSR count). The van der Waals surface area contributed by atoms with Crippen molar-refractivity contribution in [3.05, 3.63) is 60.7 Å². The summed E-state index contributed by atoms with van der Waals surface area (Å²) in [4.78, 5) is 23.6. The summed E-state index contributed by atoms with van der Waals surface area (Å²) in [6.07, 6.45) is 9.81. The monoisotopic (exact) mass is 554 g/mol. The minimum absolute atomic E-state index is 0.0300. The van der Waals surface area contributed by atoms with Crippen molar-refractivity contribution in [2.45, 2.75) is 6.54 Å². The second-order valence-electron chi connectivity index (χ2n) is 8.44. The first-order valence-corrected chi connectivity index (χ1v) is 12.3. The fourth-order valence-corrected chi connectivity index (χ4v) is 4.47. The summed E-state index contributed by atoms with van der Waals surface area (Å²) in [5.41, 5.74) is 1.44. The highest BCUT2D eigenvalue weighted by molar-refractivity contribution is 7.95. The molecule has 0 saturated heterocycles. The molecule has 202 valence electrons. The maximum Gasteiger partial charge on any atom is 0.232 e. The quantitative estimate of drug-likeness (QED) is 0.249. The lowest BCUT2D eigenvalue weighted by Crippen LogP contribution is -2.24. The van der Waals surface area contributed by atoms with E-state index in [0.29, 0.717) is 17.0 Å². The Morgan fingerprint density at radius 3 is 2.36 bits per heavy atom. The van der Waals surface area contributed by atoms with Gasteiger partial charge in [0.15, 0.2) is 28.8 Å². The third-order valence-electron chi connectivity index (χ3n) is 5.58. The molecule has 0 bridgehead atoms. The van der Waals surface area contributed by atoms with Crippen LogP contribution < -0.4 is 14.4 Å². The number of anilines is 2. The SMILES string of the molecule is COc1cc(OC)c(F)c(N(Cc2nccn2SN(C)C)c2ncc3ncc(-c4cnn(C)c4)nc3n2)c1F. The highest BCUT2D eigenvalue weighted by atomic mass is 32.2. The summed E-state index contributed by atoms with van der Waals surface area (Å²) in [5, 5.41) is 4.17. The van der Waals surface area contributed by atoms with Crippen molar-refractivity contribution in [1.29, 1.82) is 0 Å². The van der Waals surface area contributed by atoms with Crippen LogP contribution in [-0.2, 0) is 13.6 Å². The zero-order valence-electron chi connectivity index (χ0n) is 21.7. The van der Waals surface area contributed by atoms with Gasteiger partial charge in [-0.2, -0.15) is 10.1 Å². The molecule has 0 saturated carbocycles. The van der Waals surface area contributed by atoms with Crippen molar-refractivity contribution >= 4 is 34.9 Å². The molecule has 5 aromatic rings. The molecule has 0 aliphatic carbocycles. The second-order valence-corrected chi connectivity index (χ2v) is 9.73. The molecule has 0 fully saturated rings. The van der Waals surface area contributed by atoms with Gasteiger partial charge in [0.05, 0.1) is 45.0 Å². The summed E-state index contributed by atoms with van der Waals surface area (Å²) in [6.45, 7) is -0.0980. The fourth-order valence-electron chi connectivity index (χ4n) is 3.81. The van der Waals surface area contributed by atoms with Crippen LogP contribution in [0.15, 0.2) is 43.2 Å². The van der Waals surface area contributed by atoms with E-state index in [1.165, 1.54) is 37.5 Å². The Balaban J connectivity index is 1.68. The van der Waals surface area contributed by atoms with Gasteiger partial charge in [-0.15, -0.1) is 0 Å². The average Bonchev–Trinajstić information content (AvgIpc) is 3.55. The van der Waals surface area contributed by atoms with Gasteiger partial charge in [-0.1, -0.05) is 0 Å². The Hall–Kier alpha value is -4.37. The van der Waals surface area contributed by atoms with Gasteiger partial charge in [0.1, 0.15) is 17.0 Å². The number of methoxy groups -OCH3 is 2. The fraction of sp³-hybridized carbons (Fsp3) is 0.250. The highest BCUT2D eigenvalue weighted by Crippen LogP contribution is 2.40. The lowest BCUT2D eigenvalue weighted by molar-refractivity contribution is 0.358. The highest BCUT2D eigenvalue weighted by Gasteiger charge is 2.29. The second kappa shape index (κ2) is 10.8. The van der Waals surface area contributed by atoms with Gasteiger partial charge < -0.3 is 9.47 Å². The topological polar surface area (TPSA) is 112 Å². The van der Waals surface area contributed by atoms with Crippen LogP contribution in [0, 0.1) is 11.6 Å². The van der Waals surface area contributed by atoms with E-state index < -0.39 is 17.3 Å². The smallest absolute Gasteiger partial charge is 0.232 e. The number of benzene rings is 1. The molecule has 0 unspecified atom stereocenters. The zero-order valence-corrected chi connectivity index (χ0v) is 22.5. The van der Waals surface area contributed by atoms with Gasteiger partial charge in [-0.25, -0.2) is 33.0 Å². The number of nitrogens with zero attached hydrogens (tertiary/aromatic N) is 10. The molecule has 0 radical (unpaired) electrons. The number of halogens is 2. The Bertz CT molecular complexity index is 1610. The summed E-state index contributed by atoms with van der Waals surface area (Å²) in [7, 11) is 8.09. The van der Waals surface area contributed by atoms with Crippen LogP contribution in [0.4, 0.5) is 20.4 Å². The van der Waals surface area contributed by atoms with E-state index in [2.05, 4.69) is 30.0 Å². The number of rotatable bonds is 9. The Labute approximate surface area is 226 Å². The van der Waals surface area contributed by atoms with Crippen molar-refractivity contribution in [2.75, 3.05) is 33.2 Å². The van der Waals surface area contributed by atoms with Crippen LogP contribution in [0.1, 0.15) is 5.82 Å². The molecule has 0 amide bonds. The number of ether oxygens (including phenoxy) is 2. The summed E-state index contributed by atoms with van der Waals surface area (Å²) in [6, 6.07) is 1.14. The molecule has 0 aliphatic rings. The van der Waals surface area contributed by atoms with Crippen LogP contribution in [-0.4, -0.2) is 71.3 Å². The molecule has 0 atom stereocenters. The molecule has 1 aromatic carbocycles. The number of hydrogen-bond acceptors (Lipinski definition) is 11. The van der Waals surface area contributed by atoms with Crippen molar-refractivity contribution in [1.82, 2.24) is 43.0 Å². The summed E-state index contributed by atoms with van der Waals surface area (Å²) >= 11 is 1.34. The van der Waals surface area contributed by atoms with E-state index >= 15 is 8.78 Å². The van der Waals surface area contributed by atoms with E-state index in [0.717, 1.165) is 11.6 Å². The molecule has 0 N–H and O–H groups in total. The van der Waals surface area contributed by atoms with Gasteiger partial charge in [0, 0.05) is 49.4 Å². The van der Waals surface area contributed by atoms with Crippen molar-refractivity contribution < 1.29 is 18.3 Å². The molecule has 39 heavy (non-hydrogen) atoms. The molecular weight excluding hydrogens is 530 g/mol. The van der Waals surface area contributed by atoms with E-state index in [1.54, 1.807) is 46.7 Å².